The van der Waals surface area contributed by atoms with Crippen LogP contribution in [0.25, 0.3) is 0 Å². The highest BCUT2D eigenvalue weighted by atomic mass is 127. The molecule has 1 aromatic heterocycles. The summed E-state index contributed by atoms with van der Waals surface area (Å²) in [4.78, 5) is 5.83. The third-order valence-electron chi connectivity index (χ3n) is 3.87. The molecule has 144 valence electrons. The smallest absolute Gasteiger partial charge is 0.188 e. The summed E-state index contributed by atoms with van der Waals surface area (Å²) < 4.78 is 10.6. The minimum Gasteiger partial charge on any atom is -0.493 e. The Labute approximate surface area is 177 Å². The van der Waals surface area contributed by atoms with Crippen molar-refractivity contribution in [2.45, 2.75) is 19.8 Å². The van der Waals surface area contributed by atoms with Crippen LogP contribution in [-0.2, 0) is 12.8 Å². The number of benzene rings is 1. The molecule has 0 fully saturated rings. The fraction of sp³-hybridized carbons (Fsp3) is 0.421. The minimum atomic E-state index is 0. The number of guanidine groups is 1. The Balaban J connectivity index is 0.00000338. The van der Waals surface area contributed by atoms with Crippen molar-refractivity contribution in [3.8, 4) is 11.5 Å². The third-order valence-corrected chi connectivity index (χ3v) is 4.77. The van der Waals surface area contributed by atoms with E-state index in [1.54, 1.807) is 25.6 Å². The molecular weight excluding hydrogens is 461 g/mol. The van der Waals surface area contributed by atoms with E-state index in [1.807, 2.05) is 18.2 Å². The lowest BCUT2D eigenvalue weighted by Crippen LogP contribution is -2.33. The molecule has 0 spiro atoms. The van der Waals surface area contributed by atoms with Crippen LogP contribution in [0.4, 0.5) is 0 Å². The van der Waals surface area contributed by atoms with Gasteiger partial charge in [0.25, 0.3) is 0 Å². The molecule has 7 heteroatoms. The number of aliphatic imine (C=N–C) groups is 1. The van der Waals surface area contributed by atoms with Crippen LogP contribution in [0.3, 0.4) is 0 Å². The van der Waals surface area contributed by atoms with E-state index < -0.39 is 0 Å². The van der Waals surface area contributed by atoms with Crippen molar-refractivity contribution in [1.82, 2.24) is 5.32 Å². The molecule has 26 heavy (non-hydrogen) atoms. The second-order valence-corrected chi connectivity index (χ2v) is 7.01. The maximum atomic E-state index is 5.96. The summed E-state index contributed by atoms with van der Waals surface area (Å²) in [6, 6.07) is 10.2. The van der Waals surface area contributed by atoms with Crippen LogP contribution < -0.4 is 20.5 Å². The van der Waals surface area contributed by atoms with Crippen molar-refractivity contribution in [3.05, 3.63) is 46.2 Å². The van der Waals surface area contributed by atoms with Gasteiger partial charge in [0.2, 0.25) is 0 Å². The summed E-state index contributed by atoms with van der Waals surface area (Å²) >= 11 is 1.79. The highest BCUT2D eigenvalue weighted by Crippen LogP contribution is 2.27. The van der Waals surface area contributed by atoms with Crippen molar-refractivity contribution in [2.75, 3.05) is 27.3 Å². The van der Waals surface area contributed by atoms with E-state index in [0.29, 0.717) is 11.9 Å². The number of hydrogen-bond donors (Lipinski definition) is 2. The van der Waals surface area contributed by atoms with Gasteiger partial charge in [0, 0.05) is 18.0 Å². The van der Waals surface area contributed by atoms with Gasteiger partial charge >= 0.3 is 0 Å². The summed E-state index contributed by atoms with van der Waals surface area (Å²) in [6.07, 6.45) is 1.88. The van der Waals surface area contributed by atoms with E-state index in [1.165, 1.54) is 4.88 Å². The Hall–Kier alpha value is -1.48. The summed E-state index contributed by atoms with van der Waals surface area (Å²) in [5, 5.41) is 5.28. The number of hydrogen-bond acceptors (Lipinski definition) is 4. The molecule has 1 heterocycles. The molecule has 0 radical (unpaired) electrons. The Morgan fingerprint density at radius 2 is 2.00 bits per heavy atom. The molecule has 0 aliphatic carbocycles. The lowest BCUT2D eigenvalue weighted by Gasteiger charge is -2.11. The van der Waals surface area contributed by atoms with Gasteiger partial charge in [-0.2, -0.15) is 0 Å². The fourth-order valence-electron chi connectivity index (χ4n) is 2.52. The van der Waals surface area contributed by atoms with Gasteiger partial charge in [-0.1, -0.05) is 19.1 Å². The van der Waals surface area contributed by atoms with E-state index in [9.17, 15) is 0 Å². The van der Waals surface area contributed by atoms with Crippen LogP contribution in [-0.4, -0.2) is 33.3 Å². The van der Waals surface area contributed by atoms with Gasteiger partial charge in [-0.05, 0) is 47.9 Å². The molecule has 2 aromatic rings. The molecule has 1 atom stereocenters. The zero-order chi connectivity index (χ0) is 18.1. The Morgan fingerprint density at radius 1 is 1.23 bits per heavy atom. The number of nitrogens with two attached hydrogens (primary N) is 1. The first kappa shape index (κ1) is 22.6. The van der Waals surface area contributed by atoms with E-state index >= 15 is 0 Å². The number of rotatable bonds is 9. The zero-order valence-electron chi connectivity index (χ0n) is 15.5. The maximum absolute atomic E-state index is 5.96. The van der Waals surface area contributed by atoms with Crippen molar-refractivity contribution >= 4 is 41.3 Å². The van der Waals surface area contributed by atoms with Crippen molar-refractivity contribution in [1.29, 1.82) is 0 Å². The topological polar surface area (TPSA) is 68.9 Å². The van der Waals surface area contributed by atoms with Crippen molar-refractivity contribution in [2.24, 2.45) is 16.6 Å². The normalized spacial score (nSPS) is 12.2. The molecule has 0 aliphatic heterocycles. The maximum Gasteiger partial charge on any atom is 0.188 e. The molecular formula is C19H28IN3O2S. The molecule has 3 N–H and O–H groups in total. The predicted molar refractivity (Wildman–Crippen MR) is 120 cm³/mol. The second kappa shape index (κ2) is 12.0. The summed E-state index contributed by atoms with van der Waals surface area (Å²) in [6.45, 7) is 3.65. The fourth-order valence-corrected chi connectivity index (χ4v) is 3.39. The molecule has 1 unspecified atom stereocenters. The molecule has 0 saturated carbocycles. The van der Waals surface area contributed by atoms with Crippen LogP contribution in [0, 0.1) is 5.92 Å². The van der Waals surface area contributed by atoms with Crippen LogP contribution in [0.1, 0.15) is 17.4 Å². The monoisotopic (exact) mass is 489 g/mol. The number of nitrogens with one attached hydrogen (secondary N) is 1. The van der Waals surface area contributed by atoms with E-state index in [4.69, 9.17) is 15.2 Å². The lowest BCUT2D eigenvalue weighted by molar-refractivity contribution is 0.354. The first-order chi connectivity index (χ1) is 12.1. The number of ether oxygens (including phenoxy) is 2. The molecule has 0 bridgehead atoms. The first-order valence-electron chi connectivity index (χ1n) is 8.39. The van der Waals surface area contributed by atoms with Crippen molar-refractivity contribution < 1.29 is 9.47 Å². The van der Waals surface area contributed by atoms with Gasteiger partial charge in [0.15, 0.2) is 17.5 Å². The Kier molecular flexibility index (Phi) is 10.4. The SMILES string of the molecule is COc1ccc(CCNC(N)=NCC(C)Cc2cccs2)cc1OC.I. The average molecular weight is 489 g/mol. The number of methoxy groups -OCH3 is 2. The lowest BCUT2D eigenvalue weighted by atomic mass is 10.1. The van der Waals surface area contributed by atoms with Gasteiger partial charge in [-0.3, -0.25) is 4.99 Å². The quantitative estimate of drug-likeness (QED) is 0.320. The summed E-state index contributed by atoms with van der Waals surface area (Å²) in [5.74, 6) is 2.45. The summed E-state index contributed by atoms with van der Waals surface area (Å²) in [5.41, 5.74) is 7.11. The van der Waals surface area contributed by atoms with E-state index in [2.05, 4.69) is 34.7 Å². The standard InChI is InChI=1S/C19H27N3O2S.HI/c1-14(11-16-5-4-10-25-16)13-22-19(20)21-9-8-15-6-7-17(23-2)18(12-15)24-3;/h4-7,10,12,14H,8-9,11,13H2,1-3H3,(H3,20,21,22);1H. The number of halogens is 1. The van der Waals surface area contributed by atoms with Gasteiger partial charge in [-0.25, -0.2) is 0 Å². The Bertz CT molecular complexity index is 677. The van der Waals surface area contributed by atoms with Crippen LogP contribution in [0.15, 0.2) is 40.7 Å². The number of thiophene rings is 1. The third kappa shape index (κ3) is 7.41. The molecule has 0 amide bonds. The molecule has 0 saturated heterocycles. The molecule has 1 aromatic carbocycles. The van der Waals surface area contributed by atoms with Gasteiger partial charge in [0.1, 0.15) is 0 Å². The molecule has 0 aliphatic rings. The largest absolute Gasteiger partial charge is 0.493 e. The average Bonchev–Trinajstić information content (AvgIpc) is 3.12. The van der Waals surface area contributed by atoms with Crippen molar-refractivity contribution in [3.63, 3.8) is 0 Å². The van der Waals surface area contributed by atoms with Gasteiger partial charge in [0.05, 0.1) is 14.2 Å². The molecule has 5 nitrogen and oxygen atoms in total. The first-order valence-corrected chi connectivity index (χ1v) is 9.27. The van der Waals surface area contributed by atoms with Crippen LogP contribution in [0.2, 0.25) is 0 Å². The summed E-state index contributed by atoms with van der Waals surface area (Å²) in [7, 11) is 3.28. The van der Waals surface area contributed by atoms with E-state index in [-0.39, 0.29) is 24.0 Å². The van der Waals surface area contributed by atoms with Crippen LogP contribution >= 0.6 is 35.3 Å². The predicted octanol–water partition coefficient (Wildman–Crippen LogP) is 3.71. The highest BCUT2D eigenvalue weighted by molar-refractivity contribution is 14.0. The van der Waals surface area contributed by atoms with Gasteiger partial charge < -0.3 is 20.5 Å². The second-order valence-electron chi connectivity index (χ2n) is 5.98. The highest BCUT2D eigenvalue weighted by Gasteiger charge is 2.06. The number of nitrogens with zero attached hydrogens (tertiary/aromatic N) is 1. The van der Waals surface area contributed by atoms with E-state index in [0.717, 1.165) is 43.0 Å². The minimum absolute atomic E-state index is 0. The zero-order valence-corrected chi connectivity index (χ0v) is 18.7. The molecule has 2 rings (SSSR count). The Morgan fingerprint density at radius 3 is 2.65 bits per heavy atom. The van der Waals surface area contributed by atoms with Crippen LogP contribution in [0.5, 0.6) is 11.5 Å². The van der Waals surface area contributed by atoms with Gasteiger partial charge in [-0.15, -0.1) is 35.3 Å².